The molecule has 0 saturated carbocycles. The van der Waals surface area contributed by atoms with Gasteiger partial charge < -0.3 is 0 Å². The van der Waals surface area contributed by atoms with Gasteiger partial charge in [-0.25, -0.2) is 9.07 Å². The third-order valence-corrected chi connectivity index (χ3v) is 2.79. The smallest absolute Gasteiger partial charge is 0.169 e. The summed E-state index contributed by atoms with van der Waals surface area (Å²) < 4.78 is 14.5. The van der Waals surface area contributed by atoms with Gasteiger partial charge in [-0.1, -0.05) is 12.1 Å². The zero-order valence-electron chi connectivity index (χ0n) is 9.51. The van der Waals surface area contributed by atoms with Crippen molar-refractivity contribution in [2.24, 2.45) is 0 Å². The number of alkyl halides is 1. The third-order valence-electron chi connectivity index (χ3n) is 2.59. The summed E-state index contributed by atoms with van der Waals surface area (Å²) >= 11 is 5.98. The minimum Gasteiger partial charge on any atom is -0.221 e. The largest absolute Gasteiger partial charge is 0.221 e. The number of benzene rings is 1. The molecule has 0 N–H and O–H groups in total. The second-order valence-corrected chi connectivity index (χ2v) is 4.48. The van der Waals surface area contributed by atoms with Crippen molar-refractivity contribution in [2.75, 3.05) is 0 Å². The van der Waals surface area contributed by atoms with Crippen molar-refractivity contribution in [2.45, 2.75) is 25.3 Å². The summed E-state index contributed by atoms with van der Waals surface area (Å²) in [5.41, 5.74) is 0.928. The molecule has 17 heavy (non-hydrogen) atoms. The van der Waals surface area contributed by atoms with E-state index in [1.807, 2.05) is 6.92 Å². The van der Waals surface area contributed by atoms with Crippen LogP contribution < -0.4 is 0 Å². The van der Waals surface area contributed by atoms with Gasteiger partial charge in [0.15, 0.2) is 5.82 Å². The van der Waals surface area contributed by atoms with E-state index in [-0.39, 0.29) is 17.2 Å². The van der Waals surface area contributed by atoms with E-state index in [0.29, 0.717) is 5.82 Å². The van der Waals surface area contributed by atoms with Crippen LogP contribution in [0.1, 0.15) is 36.7 Å². The zero-order chi connectivity index (χ0) is 12.4. The minimum absolute atomic E-state index is 0.0817. The Balaban J connectivity index is 2.33. The molecule has 1 aromatic heterocycles. The molecule has 0 fully saturated rings. The highest BCUT2D eigenvalue weighted by atomic mass is 35.5. The van der Waals surface area contributed by atoms with Crippen molar-refractivity contribution in [3.8, 4) is 0 Å². The molecule has 0 saturated heterocycles. The van der Waals surface area contributed by atoms with Gasteiger partial charge in [-0.2, -0.15) is 0 Å². The Morgan fingerprint density at radius 2 is 1.88 bits per heavy atom. The Labute approximate surface area is 103 Å². The van der Waals surface area contributed by atoms with Gasteiger partial charge in [0.05, 0.1) is 11.4 Å². The molecule has 2 aromatic rings. The first-order valence-electron chi connectivity index (χ1n) is 5.27. The molecule has 4 nitrogen and oxygen atoms in total. The monoisotopic (exact) mass is 254 g/mol. The first kappa shape index (κ1) is 12.0. The molecule has 0 spiro atoms. The van der Waals surface area contributed by atoms with Crippen LogP contribution >= 0.6 is 11.6 Å². The summed E-state index contributed by atoms with van der Waals surface area (Å²) in [6, 6.07) is 6.18. The molecular formula is C11H12ClFN4. The summed E-state index contributed by atoms with van der Waals surface area (Å²) in [6.45, 7) is 3.74. The molecule has 0 aliphatic heterocycles. The highest BCUT2D eigenvalue weighted by Gasteiger charge is 2.17. The first-order valence-corrected chi connectivity index (χ1v) is 5.70. The van der Waals surface area contributed by atoms with Crippen LogP contribution in [0.15, 0.2) is 24.3 Å². The molecular weight excluding hydrogens is 243 g/mol. The number of hydrogen-bond acceptors (Lipinski definition) is 3. The van der Waals surface area contributed by atoms with Crippen LogP contribution in [0.25, 0.3) is 0 Å². The fourth-order valence-electron chi connectivity index (χ4n) is 1.62. The van der Waals surface area contributed by atoms with Crippen LogP contribution in [-0.2, 0) is 0 Å². The first-order chi connectivity index (χ1) is 8.09. The third kappa shape index (κ3) is 2.44. The van der Waals surface area contributed by atoms with E-state index in [4.69, 9.17) is 11.6 Å². The fraction of sp³-hybridized carbons (Fsp3) is 0.364. The van der Waals surface area contributed by atoms with E-state index in [1.54, 1.807) is 23.7 Å². The highest BCUT2D eigenvalue weighted by Crippen LogP contribution is 2.23. The normalized spacial score (nSPS) is 14.6. The SMILES string of the molecule is CC(Cl)c1nnnn1C(C)c1ccc(F)cc1. The summed E-state index contributed by atoms with van der Waals surface area (Å²) in [5, 5.41) is 11.1. The van der Waals surface area contributed by atoms with Gasteiger partial charge in [-0.15, -0.1) is 16.7 Å². The summed E-state index contributed by atoms with van der Waals surface area (Å²) in [5.74, 6) is 0.340. The van der Waals surface area contributed by atoms with Gasteiger partial charge in [-0.05, 0) is 42.0 Å². The van der Waals surface area contributed by atoms with Crippen LogP contribution in [0.5, 0.6) is 0 Å². The molecule has 0 radical (unpaired) electrons. The molecule has 2 atom stereocenters. The van der Waals surface area contributed by atoms with Gasteiger partial charge in [0.1, 0.15) is 5.82 Å². The van der Waals surface area contributed by atoms with Crippen molar-refractivity contribution in [3.63, 3.8) is 0 Å². The molecule has 0 aliphatic rings. The molecule has 0 amide bonds. The van der Waals surface area contributed by atoms with Gasteiger partial charge in [0, 0.05) is 0 Å². The average molecular weight is 255 g/mol. The van der Waals surface area contributed by atoms with Crippen LogP contribution in [0.4, 0.5) is 4.39 Å². The second kappa shape index (κ2) is 4.79. The quantitative estimate of drug-likeness (QED) is 0.791. The van der Waals surface area contributed by atoms with Crippen LogP contribution in [-0.4, -0.2) is 20.2 Å². The fourth-order valence-corrected chi connectivity index (χ4v) is 1.76. The molecule has 1 heterocycles. The van der Waals surface area contributed by atoms with Crippen molar-refractivity contribution in [1.29, 1.82) is 0 Å². The molecule has 90 valence electrons. The lowest BCUT2D eigenvalue weighted by Crippen LogP contribution is -2.13. The Morgan fingerprint density at radius 3 is 2.47 bits per heavy atom. The molecule has 1 aromatic carbocycles. The maximum atomic E-state index is 12.8. The number of halogens is 2. The zero-order valence-corrected chi connectivity index (χ0v) is 10.3. The summed E-state index contributed by atoms with van der Waals surface area (Å²) in [4.78, 5) is 0. The van der Waals surface area contributed by atoms with Crippen molar-refractivity contribution in [3.05, 3.63) is 41.5 Å². The van der Waals surface area contributed by atoms with Gasteiger partial charge in [0.25, 0.3) is 0 Å². The number of tetrazole rings is 1. The van der Waals surface area contributed by atoms with Crippen molar-refractivity contribution < 1.29 is 4.39 Å². The Hall–Kier alpha value is -1.49. The van der Waals surface area contributed by atoms with E-state index >= 15 is 0 Å². The molecule has 2 unspecified atom stereocenters. The Morgan fingerprint density at radius 1 is 1.24 bits per heavy atom. The van der Waals surface area contributed by atoms with Crippen molar-refractivity contribution >= 4 is 11.6 Å². The topological polar surface area (TPSA) is 43.6 Å². The molecule has 6 heteroatoms. The number of nitrogens with zero attached hydrogens (tertiary/aromatic N) is 4. The number of aromatic nitrogens is 4. The summed E-state index contributed by atoms with van der Waals surface area (Å²) in [6.07, 6.45) is 0. The van der Waals surface area contributed by atoms with Crippen LogP contribution in [0, 0.1) is 5.82 Å². The molecule has 0 bridgehead atoms. The lowest BCUT2D eigenvalue weighted by atomic mass is 10.1. The van der Waals surface area contributed by atoms with Crippen molar-refractivity contribution in [1.82, 2.24) is 20.2 Å². The van der Waals surface area contributed by atoms with Crippen LogP contribution in [0.3, 0.4) is 0 Å². The van der Waals surface area contributed by atoms with E-state index in [1.165, 1.54) is 12.1 Å². The average Bonchev–Trinajstić information content (AvgIpc) is 2.78. The maximum absolute atomic E-state index is 12.8. The van der Waals surface area contributed by atoms with E-state index in [0.717, 1.165) is 5.56 Å². The second-order valence-electron chi connectivity index (χ2n) is 3.83. The molecule has 2 rings (SSSR count). The van der Waals surface area contributed by atoms with Crippen LogP contribution in [0.2, 0.25) is 0 Å². The predicted molar refractivity (Wildman–Crippen MR) is 62.3 cm³/mol. The summed E-state index contributed by atoms with van der Waals surface area (Å²) in [7, 11) is 0. The van der Waals surface area contributed by atoms with Gasteiger partial charge in [-0.3, -0.25) is 0 Å². The lowest BCUT2D eigenvalue weighted by Gasteiger charge is -2.14. The number of hydrogen-bond donors (Lipinski definition) is 0. The number of rotatable bonds is 3. The van der Waals surface area contributed by atoms with Gasteiger partial charge >= 0.3 is 0 Å². The highest BCUT2D eigenvalue weighted by molar-refractivity contribution is 6.20. The Bertz CT molecular complexity index is 494. The van der Waals surface area contributed by atoms with E-state index in [9.17, 15) is 4.39 Å². The molecule has 0 aliphatic carbocycles. The Kier molecular flexibility index (Phi) is 3.38. The maximum Gasteiger partial charge on any atom is 0.169 e. The van der Waals surface area contributed by atoms with Gasteiger partial charge in [0.2, 0.25) is 0 Å². The minimum atomic E-state index is -0.270. The predicted octanol–water partition coefficient (Wildman–Crippen LogP) is 2.72. The van der Waals surface area contributed by atoms with E-state index < -0.39 is 0 Å². The van der Waals surface area contributed by atoms with E-state index in [2.05, 4.69) is 15.5 Å². The standard InChI is InChI=1S/C11H12ClFN4/c1-7(12)11-14-15-16-17(11)8(2)9-3-5-10(13)6-4-9/h3-8H,1-2H3. The lowest BCUT2D eigenvalue weighted by molar-refractivity contribution is 0.519.